The molecule has 0 aliphatic carbocycles. The average molecular weight is 452 g/mol. The van der Waals surface area contributed by atoms with Crippen LogP contribution in [0.1, 0.15) is 115 Å². The number of carbonyl (C=O) groups excluding carboxylic acids is 1. The minimum atomic E-state index is 0. The fraction of sp³-hybridized carbons (Fsp3) is 0.750. The van der Waals surface area contributed by atoms with Gasteiger partial charge in [0.2, 0.25) is 0 Å². The smallest absolute Gasteiger partial charge is 0.313 e. The third-order valence-corrected chi connectivity index (χ3v) is 6.47. The molecule has 0 heterocycles. The molecule has 0 radical (unpaired) electrons. The molecule has 0 bridgehead atoms. The van der Waals surface area contributed by atoms with Crippen LogP contribution in [0, 0.1) is 0 Å². The second kappa shape index (κ2) is 19.8. The van der Waals surface area contributed by atoms with Crippen molar-refractivity contribution >= 4 is 5.91 Å². The molecule has 0 saturated carbocycles. The molecule has 2 nitrogen and oxygen atoms in total. The maximum absolute atomic E-state index is 12.6. The summed E-state index contributed by atoms with van der Waals surface area (Å²) in [5.74, 6) is 0.389. The first-order chi connectivity index (χ1) is 14.6. The quantitative estimate of drug-likeness (QED) is 0.211. The van der Waals surface area contributed by atoms with E-state index in [1.54, 1.807) is 0 Å². The number of halogens is 1. The summed E-state index contributed by atoms with van der Waals surface area (Å²) >= 11 is 0. The van der Waals surface area contributed by atoms with Crippen LogP contribution in [0.25, 0.3) is 0 Å². The number of amides is 1. The second-order valence-corrected chi connectivity index (χ2v) is 9.74. The SMILES string of the molecule is CCCCCCCCCCCCCCCCCC(=O)[N+](C)(C)CCc1ccccc1.[Cl-]. The molecule has 0 saturated heterocycles. The lowest BCUT2D eigenvalue weighted by atomic mass is 10.0. The molecular formula is C28H50ClNO. The van der Waals surface area contributed by atoms with E-state index in [0.29, 0.717) is 10.4 Å². The zero-order valence-corrected chi connectivity index (χ0v) is 21.6. The zero-order chi connectivity index (χ0) is 21.9. The lowest BCUT2D eigenvalue weighted by Crippen LogP contribution is -3.00. The van der Waals surface area contributed by atoms with Crippen molar-refractivity contribution in [3.05, 3.63) is 35.9 Å². The fourth-order valence-electron chi connectivity index (χ4n) is 4.13. The summed E-state index contributed by atoms with van der Waals surface area (Å²) in [5.41, 5.74) is 1.32. The van der Waals surface area contributed by atoms with E-state index in [2.05, 4.69) is 45.3 Å². The first kappa shape index (κ1) is 30.1. The number of quaternary nitrogens is 1. The van der Waals surface area contributed by atoms with E-state index in [-0.39, 0.29) is 12.4 Å². The van der Waals surface area contributed by atoms with Gasteiger partial charge in [-0.05, 0) is 12.0 Å². The molecular weight excluding hydrogens is 402 g/mol. The molecule has 180 valence electrons. The van der Waals surface area contributed by atoms with Gasteiger partial charge < -0.3 is 12.4 Å². The summed E-state index contributed by atoms with van der Waals surface area (Å²) < 4.78 is 0.507. The Morgan fingerprint density at radius 3 is 1.55 bits per heavy atom. The largest absolute Gasteiger partial charge is 1.00 e. The standard InChI is InChI=1S/C28H50NO.ClH/c1-4-5-6-7-8-9-10-11-12-13-14-15-16-17-21-24-28(30)29(2,3)26-25-27-22-19-18-20-23-27;/h18-20,22-23H,4-17,21,24-26H2,1-3H3;1H/q+1;/p-1. The van der Waals surface area contributed by atoms with E-state index in [4.69, 9.17) is 0 Å². The molecule has 0 atom stereocenters. The van der Waals surface area contributed by atoms with Gasteiger partial charge in [-0.2, -0.15) is 0 Å². The third kappa shape index (κ3) is 16.4. The minimum absolute atomic E-state index is 0. The predicted octanol–water partition coefficient (Wildman–Crippen LogP) is 5.10. The van der Waals surface area contributed by atoms with Crippen molar-refractivity contribution < 1.29 is 21.7 Å². The first-order valence-electron chi connectivity index (χ1n) is 13.0. The number of carbonyl (C=O) groups is 1. The molecule has 0 N–H and O–H groups in total. The summed E-state index contributed by atoms with van der Waals surface area (Å²) in [6, 6.07) is 10.5. The Morgan fingerprint density at radius 2 is 1.10 bits per heavy atom. The molecule has 0 unspecified atom stereocenters. The van der Waals surface area contributed by atoms with Crippen LogP contribution in [0.4, 0.5) is 0 Å². The highest BCUT2D eigenvalue weighted by Crippen LogP contribution is 2.15. The van der Waals surface area contributed by atoms with Crippen LogP contribution in [-0.2, 0) is 11.2 Å². The van der Waals surface area contributed by atoms with Gasteiger partial charge in [-0.1, -0.05) is 127 Å². The summed E-state index contributed by atoms with van der Waals surface area (Å²) in [5, 5.41) is 0. The number of nitrogens with zero attached hydrogens (tertiary/aromatic N) is 1. The predicted molar refractivity (Wildman–Crippen MR) is 132 cm³/mol. The molecule has 1 rings (SSSR count). The highest BCUT2D eigenvalue weighted by Gasteiger charge is 2.25. The summed E-state index contributed by atoms with van der Waals surface area (Å²) in [6.45, 7) is 3.18. The molecule has 0 fully saturated rings. The Labute approximate surface area is 200 Å². The van der Waals surface area contributed by atoms with Crippen molar-refractivity contribution in [2.75, 3.05) is 20.6 Å². The molecule has 1 amide bonds. The van der Waals surface area contributed by atoms with Crippen LogP contribution in [0.15, 0.2) is 30.3 Å². The van der Waals surface area contributed by atoms with Gasteiger partial charge in [-0.15, -0.1) is 0 Å². The maximum atomic E-state index is 12.6. The number of benzene rings is 1. The number of rotatable bonds is 19. The highest BCUT2D eigenvalue weighted by molar-refractivity contribution is 5.68. The minimum Gasteiger partial charge on any atom is -1.00 e. The Balaban J connectivity index is 0.00000900. The van der Waals surface area contributed by atoms with E-state index in [0.717, 1.165) is 25.8 Å². The van der Waals surface area contributed by atoms with Crippen molar-refractivity contribution in [2.45, 2.75) is 116 Å². The van der Waals surface area contributed by atoms with Gasteiger partial charge in [-0.25, -0.2) is 4.79 Å². The summed E-state index contributed by atoms with van der Waals surface area (Å²) in [6.07, 6.45) is 22.2. The zero-order valence-electron chi connectivity index (χ0n) is 20.8. The maximum Gasteiger partial charge on any atom is 0.313 e. The van der Waals surface area contributed by atoms with Gasteiger partial charge in [0.05, 0.1) is 27.1 Å². The van der Waals surface area contributed by atoms with Crippen LogP contribution in [-0.4, -0.2) is 31.0 Å². The normalized spacial score (nSPS) is 11.3. The van der Waals surface area contributed by atoms with Crippen molar-refractivity contribution in [1.29, 1.82) is 0 Å². The second-order valence-electron chi connectivity index (χ2n) is 9.74. The third-order valence-electron chi connectivity index (χ3n) is 6.47. The Hall–Kier alpha value is -0.860. The Morgan fingerprint density at radius 1 is 0.677 bits per heavy atom. The van der Waals surface area contributed by atoms with Crippen molar-refractivity contribution in [2.24, 2.45) is 0 Å². The monoisotopic (exact) mass is 451 g/mol. The lowest BCUT2D eigenvalue weighted by Gasteiger charge is -2.27. The van der Waals surface area contributed by atoms with E-state index in [9.17, 15) is 4.79 Å². The van der Waals surface area contributed by atoms with Gasteiger partial charge >= 0.3 is 5.91 Å². The molecule has 0 aliphatic heterocycles. The molecule has 3 heteroatoms. The van der Waals surface area contributed by atoms with Crippen LogP contribution < -0.4 is 12.4 Å². The number of hydrogen-bond donors (Lipinski definition) is 0. The number of likely N-dealkylation sites (N-methyl/N-ethyl adjacent to an activating group) is 1. The average Bonchev–Trinajstić information content (AvgIpc) is 2.75. The van der Waals surface area contributed by atoms with E-state index in [1.165, 1.54) is 95.5 Å². The van der Waals surface area contributed by atoms with Crippen LogP contribution >= 0.6 is 0 Å². The summed E-state index contributed by atoms with van der Waals surface area (Å²) in [7, 11) is 4.13. The van der Waals surface area contributed by atoms with Gasteiger partial charge in [0.25, 0.3) is 0 Å². The van der Waals surface area contributed by atoms with E-state index in [1.807, 2.05) is 6.07 Å². The van der Waals surface area contributed by atoms with Crippen molar-refractivity contribution in [3.8, 4) is 0 Å². The molecule has 0 spiro atoms. The Bertz CT molecular complexity index is 529. The van der Waals surface area contributed by atoms with Crippen molar-refractivity contribution in [3.63, 3.8) is 0 Å². The van der Waals surface area contributed by atoms with Crippen LogP contribution in [0.2, 0.25) is 0 Å². The number of unbranched alkanes of at least 4 members (excludes halogenated alkanes) is 14. The molecule has 0 aromatic heterocycles. The fourth-order valence-corrected chi connectivity index (χ4v) is 4.13. The highest BCUT2D eigenvalue weighted by atomic mass is 35.5. The van der Waals surface area contributed by atoms with Crippen LogP contribution in [0.5, 0.6) is 0 Å². The van der Waals surface area contributed by atoms with Crippen molar-refractivity contribution in [1.82, 2.24) is 0 Å². The van der Waals surface area contributed by atoms with Gasteiger partial charge in [0, 0.05) is 6.42 Å². The molecule has 1 aromatic rings. The van der Waals surface area contributed by atoms with Gasteiger partial charge in [0.1, 0.15) is 0 Å². The van der Waals surface area contributed by atoms with E-state index < -0.39 is 0 Å². The first-order valence-corrected chi connectivity index (χ1v) is 13.0. The van der Waals surface area contributed by atoms with Gasteiger partial charge in [-0.3, -0.25) is 4.48 Å². The van der Waals surface area contributed by atoms with Crippen LogP contribution in [0.3, 0.4) is 0 Å². The molecule has 0 aliphatic rings. The Kier molecular flexibility index (Phi) is 19.2. The summed E-state index contributed by atoms with van der Waals surface area (Å²) in [4.78, 5) is 12.6. The van der Waals surface area contributed by atoms with Gasteiger partial charge in [0.15, 0.2) is 0 Å². The topological polar surface area (TPSA) is 17.1 Å². The molecule has 31 heavy (non-hydrogen) atoms. The number of hydrogen-bond acceptors (Lipinski definition) is 1. The lowest BCUT2D eigenvalue weighted by molar-refractivity contribution is -0.813. The van der Waals surface area contributed by atoms with E-state index >= 15 is 0 Å². The molecule has 1 aromatic carbocycles.